The lowest BCUT2D eigenvalue weighted by Crippen LogP contribution is -2.43. The van der Waals surface area contributed by atoms with Gasteiger partial charge in [-0.15, -0.1) is 0 Å². The van der Waals surface area contributed by atoms with Crippen molar-refractivity contribution in [3.05, 3.63) is 78.5 Å². The Bertz CT molecular complexity index is 1800. The van der Waals surface area contributed by atoms with E-state index in [0.717, 1.165) is 28.0 Å². The van der Waals surface area contributed by atoms with Gasteiger partial charge >= 0.3 is 0 Å². The van der Waals surface area contributed by atoms with Crippen LogP contribution in [0.5, 0.6) is 0 Å². The molecule has 4 heterocycles. The van der Waals surface area contributed by atoms with Gasteiger partial charge in [0.05, 0.1) is 29.6 Å². The first-order valence-electron chi connectivity index (χ1n) is 13.5. The summed E-state index contributed by atoms with van der Waals surface area (Å²) >= 11 is 0. The van der Waals surface area contributed by atoms with Crippen LogP contribution in [0.15, 0.2) is 61.6 Å². The predicted octanol–water partition coefficient (Wildman–Crippen LogP) is 4.31. The number of hydrogen-bond acceptors (Lipinski definition) is 8. The lowest BCUT2D eigenvalue weighted by Gasteiger charge is -2.30. The lowest BCUT2D eigenvalue weighted by atomic mass is 10.1. The molecule has 0 bridgehead atoms. The molecular formula is C31H33N9O2. The maximum atomic E-state index is 13.2. The molecule has 0 radical (unpaired) electrons. The van der Waals surface area contributed by atoms with Gasteiger partial charge in [-0.3, -0.25) is 9.63 Å². The van der Waals surface area contributed by atoms with Crippen molar-refractivity contribution >= 4 is 22.9 Å². The standard InChI is InChI=1S/C31H33N9O2/c1-20-16-40(19-34-20)25-12-9-22(10-13-25)8-11-24-14-23(27-28-29(33-17-32-27)35-18-38(28)6)15-26(36-24)37-30(41)21(2)39(7)42-31(3,4)5/h9-10,12-19,21H,1-7H3,(H,36,37,41). The Balaban J connectivity index is 1.49. The molecule has 1 atom stereocenters. The number of pyridine rings is 1. The Labute approximate surface area is 244 Å². The molecule has 5 aromatic rings. The predicted molar refractivity (Wildman–Crippen MR) is 161 cm³/mol. The van der Waals surface area contributed by atoms with Crippen molar-refractivity contribution in [1.82, 2.24) is 39.1 Å². The number of fused-ring (bicyclic) bond motifs is 1. The van der Waals surface area contributed by atoms with Crippen molar-refractivity contribution in [1.29, 1.82) is 0 Å². The van der Waals surface area contributed by atoms with Gasteiger partial charge in [-0.1, -0.05) is 5.92 Å². The maximum Gasteiger partial charge on any atom is 0.244 e. The number of anilines is 1. The number of carbonyl (C=O) groups excluding carboxylic acids is 1. The summed E-state index contributed by atoms with van der Waals surface area (Å²) in [6.07, 6.45) is 6.90. The third-order valence-corrected chi connectivity index (χ3v) is 6.41. The number of aryl methyl sites for hydroxylation is 2. The Hall–Kier alpha value is -4.92. The van der Waals surface area contributed by atoms with Gasteiger partial charge in [-0.05, 0) is 76.9 Å². The van der Waals surface area contributed by atoms with Gasteiger partial charge in [-0.2, -0.15) is 5.06 Å². The molecule has 1 amide bonds. The second kappa shape index (κ2) is 11.5. The zero-order valence-corrected chi connectivity index (χ0v) is 24.7. The molecule has 1 aromatic carbocycles. The highest BCUT2D eigenvalue weighted by Gasteiger charge is 2.24. The van der Waals surface area contributed by atoms with E-state index in [1.54, 1.807) is 32.7 Å². The first kappa shape index (κ1) is 28.6. The van der Waals surface area contributed by atoms with E-state index in [-0.39, 0.29) is 5.91 Å². The van der Waals surface area contributed by atoms with E-state index in [1.165, 1.54) is 11.4 Å². The highest BCUT2D eigenvalue weighted by Crippen LogP contribution is 2.27. The van der Waals surface area contributed by atoms with E-state index in [1.807, 2.05) is 80.4 Å². The fourth-order valence-electron chi connectivity index (χ4n) is 4.32. The van der Waals surface area contributed by atoms with Crippen LogP contribution in [0.4, 0.5) is 5.82 Å². The van der Waals surface area contributed by atoms with Gasteiger partial charge < -0.3 is 14.5 Å². The summed E-state index contributed by atoms with van der Waals surface area (Å²) in [4.78, 5) is 41.1. The summed E-state index contributed by atoms with van der Waals surface area (Å²) in [5, 5.41) is 4.47. The number of hydrogen-bond donors (Lipinski definition) is 1. The van der Waals surface area contributed by atoms with Crippen LogP contribution in [-0.4, -0.2) is 63.7 Å². The van der Waals surface area contributed by atoms with Gasteiger partial charge in [0.25, 0.3) is 0 Å². The van der Waals surface area contributed by atoms with Crippen molar-refractivity contribution in [3.8, 4) is 28.8 Å². The van der Waals surface area contributed by atoms with E-state index in [9.17, 15) is 4.79 Å². The summed E-state index contributed by atoms with van der Waals surface area (Å²) in [5.41, 5.74) is 5.49. The number of rotatable bonds is 6. The quantitative estimate of drug-likeness (QED) is 0.240. The molecule has 0 aliphatic rings. The number of benzene rings is 1. The molecule has 0 spiro atoms. The number of nitrogens with one attached hydrogen (secondary N) is 1. The van der Waals surface area contributed by atoms with Crippen molar-refractivity contribution in [2.24, 2.45) is 7.05 Å². The van der Waals surface area contributed by atoms with Crippen LogP contribution >= 0.6 is 0 Å². The SMILES string of the molecule is Cc1cn(-c2ccc(C#Cc3cc(-c4ncnc5ncn(C)c45)cc(NC(=O)C(C)N(C)OC(C)(C)C)n3)cc2)cn1. The Morgan fingerprint density at radius 2 is 1.81 bits per heavy atom. The summed E-state index contributed by atoms with van der Waals surface area (Å²) in [5.74, 6) is 6.41. The minimum atomic E-state index is -0.579. The monoisotopic (exact) mass is 563 g/mol. The van der Waals surface area contributed by atoms with Gasteiger partial charge in [0, 0.05) is 37.1 Å². The summed E-state index contributed by atoms with van der Waals surface area (Å²) in [6.45, 7) is 9.50. The summed E-state index contributed by atoms with van der Waals surface area (Å²) in [7, 11) is 3.61. The third-order valence-electron chi connectivity index (χ3n) is 6.41. The first-order chi connectivity index (χ1) is 20.0. The summed E-state index contributed by atoms with van der Waals surface area (Å²) < 4.78 is 3.82. The molecule has 0 fully saturated rings. The summed E-state index contributed by atoms with van der Waals surface area (Å²) in [6, 6.07) is 10.9. The van der Waals surface area contributed by atoms with Crippen molar-refractivity contribution < 1.29 is 9.63 Å². The molecule has 0 aliphatic carbocycles. The van der Waals surface area contributed by atoms with Gasteiger partial charge in [0.2, 0.25) is 5.91 Å². The van der Waals surface area contributed by atoms with E-state index in [0.29, 0.717) is 22.9 Å². The van der Waals surface area contributed by atoms with E-state index >= 15 is 0 Å². The number of aromatic nitrogens is 7. The topological polar surface area (TPSA) is 116 Å². The lowest BCUT2D eigenvalue weighted by molar-refractivity contribution is -0.229. The smallest absolute Gasteiger partial charge is 0.244 e. The van der Waals surface area contributed by atoms with Crippen molar-refractivity contribution in [2.75, 3.05) is 12.4 Å². The number of carbonyl (C=O) groups is 1. The number of hydroxylamine groups is 2. The Morgan fingerprint density at radius 1 is 1.05 bits per heavy atom. The molecule has 0 saturated carbocycles. The molecule has 5 rings (SSSR count). The average Bonchev–Trinajstić information content (AvgIpc) is 3.56. The van der Waals surface area contributed by atoms with Gasteiger partial charge in [-0.25, -0.2) is 24.9 Å². The molecule has 4 aromatic heterocycles. The van der Waals surface area contributed by atoms with Gasteiger partial charge in [0.1, 0.15) is 29.4 Å². The third kappa shape index (κ3) is 6.52. The second-order valence-electron chi connectivity index (χ2n) is 11.0. The molecule has 11 nitrogen and oxygen atoms in total. The molecular weight excluding hydrogens is 530 g/mol. The number of nitrogens with zero attached hydrogens (tertiary/aromatic N) is 8. The molecule has 0 aliphatic heterocycles. The van der Waals surface area contributed by atoms with Crippen LogP contribution < -0.4 is 5.32 Å². The molecule has 0 saturated heterocycles. The minimum Gasteiger partial charge on any atom is -0.331 e. The van der Waals surface area contributed by atoms with Crippen LogP contribution in [0, 0.1) is 18.8 Å². The number of likely N-dealkylation sites (N-methyl/N-ethyl adjacent to an activating group) is 1. The normalized spacial score (nSPS) is 12.3. The van der Waals surface area contributed by atoms with Crippen LogP contribution in [0.1, 0.15) is 44.6 Å². The van der Waals surface area contributed by atoms with Gasteiger partial charge in [0.15, 0.2) is 5.65 Å². The molecule has 1 unspecified atom stereocenters. The second-order valence-corrected chi connectivity index (χ2v) is 11.0. The van der Waals surface area contributed by atoms with Crippen LogP contribution in [0.25, 0.3) is 28.1 Å². The van der Waals surface area contributed by atoms with Crippen LogP contribution in [-0.2, 0) is 16.7 Å². The zero-order valence-electron chi connectivity index (χ0n) is 24.7. The van der Waals surface area contributed by atoms with E-state index in [4.69, 9.17) is 4.84 Å². The van der Waals surface area contributed by atoms with E-state index in [2.05, 4.69) is 42.1 Å². The average molecular weight is 564 g/mol. The largest absolute Gasteiger partial charge is 0.331 e. The number of imidazole rings is 2. The number of amides is 1. The highest BCUT2D eigenvalue weighted by atomic mass is 16.7. The molecule has 11 heteroatoms. The van der Waals surface area contributed by atoms with Crippen molar-refractivity contribution in [2.45, 2.75) is 46.3 Å². The van der Waals surface area contributed by atoms with Crippen molar-refractivity contribution in [3.63, 3.8) is 0 Å². The fourth-order valence-corrected chi connectivity index (χ4v) is 4.32. The van der Waals surface area contributed by atoms with Crippen LogP contribution in [0.2, 0.25) is 0 Å². The molecule has 42 heavy (non-hydrogen) atoms. The minimum absolute atomic E-state index is 0.274. The fraction of sp³-hybridized carbons (Fsp3) is 0.290. The highest BCUT2D eigenvalue weighted by molar-refractivity contribution is 5.95. The van der Waals surface area contributed by atoms with E-state index < -0.39 is 11.6 Å². The Morgan fingerprint density at radius 3 is 2.50 bits per heavy atom. The Kier molecular flexibility index (Phi) is 7.85. The first-order valence-corrected chi connectivity index (χ1v) is 13.5. The van der Waals surface area contributed by atoms with Crippen LogP contribution in [0.3, 0.4) is 0 Å². The maximum absolute atomic E-state index is 13.2. The molecule has 214 valence electrons. The molecule has 1 N–H and O–H groups in total. The zero-order chi connectivity index (χ0) is 30.0.